The highest BCUT2D eigenvalue weighted by Gasteiger charge is 2.24. The van der Waals surface area contributed by atoms with Gasteiger partial charge in [0.05, 0.1) is 19.6 Å². The van der Waals surface area contributed by atoms with Crippen LogP contribution in [0.25, 0.3) is 0 Å². The van der Waals surface area contributed by atoms with Crippen molar-refractivity contribution in [3.63, 3.8) is 0 Å². The van der Waals surface area contributed by atoms with E-state index >= 15 is 0 Å². The lowest BCUT2D eigenvalue weighted by Gasteiger charge is -2.17. The predicted molar refractivity (Wildman–Crippen MR) is 72.9 cm³/mol. The smallest absolute Gasteiger partial charge is 0.118 e. The Hall–Kier alpha value is -1.24. The van der Waals surface area contributed by atoms with E-state index in [1.165, 1.54) is 12.8 Å². The van der Waals surface area contributed by atoms with E-state index in [0.717, 1.165) is 43.6 Å². The minimum absolute atomic E-state index is 0.708. The van der Waals surface area contributed by atoms with Crippen LogP contribution in [0.4, 0.5) is 0 Å². The second-order valence-corrected chi connectivity index (χ2v) is 4.97. The highest BCUT2D eigenvalue weighted by Crippen LogP contribution is 2.30. The molecule has 3 nitrogen and oxygen atoms in total. The SMILES string of the molecule is C#CCN(Cc1ccc(CNCC)o1)CC1CC1. The van der Waals surface area contributed by atoms with Gasteiger partial charge in [0.1, 0.15) is 11.5 Å². The van der Waals surface area contributed by atoms with Gasteiger partial charge in [-0.2, -0.15) is 0 Å². The number of hydrogen-bond donors (Lipinski definition) is 1. The Morgan fingerprint density at radius 2 is 2.22 bits per heavy atom. The summed E-state index contributed by atoms with van der Waals surface area (Å²) in [5.41, 5.74) is 0. The molecule has 0 unspecified atom stereocenters. The minimum Gasteiger partial charge on any atom is -0.463 e. The largest absolute Gasteiger partial charge is 0.463 e. The van der Waals surface area contributed by atoms with Crippen LogP contribution in [0.15, 0.2) is 16.5 Å². The van der Waals surface area contributed by atoms with E-state index in [-0.39, 0.29) is 0 Å². The Bertz CT molecular complexity index is 401. The molecule has 0 bridgehead atoms. The number of hydrogen-bond acceptors (Lipinski definition) is 3. The summed E-state index contributed by atoms with van der Waals surface area (Å²) in [7, 11) is 0. The van der Waals surface area contributed by atoms with Crippen LogP contribution >= 0.6 is 0 Å². The quantitative estimate of drug-likeness (QED) is 0.713. The van der Waals surface area contributed by atoms with Crippen molar-refractivity contribution in [2.24, 2.45) is 5.92 Å². The summed E-state index contributed by atoms with van der Waals surface area (Å²) < 4.78 is 5.79. The Balaban J connectivity index is 1.85. The fraction of sp³-hybridized carbons (Fsp3) is 0.600. The molecule has 0 atom stereocenters. The molecule has 1 aliphatic rings. The fourth-order valence-corrected chi connectivity index (χ4v) is 2.05. The van der Waals surface area contributed by atoms with Crippen molar-refractivity contribution >= 4 is 0 Å². The molecule has 0 aromatic carbocycles. The number of nitrogens with one attached hydrogen (secondary N) is 1. The summed E-state index contributed by atoms with van der Waals surface area (Å²) in [6.45, 7) is 6.49. The monoisotopic (exact) mass is 246 g/mol. The van der Waals surface area contributed by atoms with Gasteiger partial charge in [-0.25, -0.2) is 0 Å². The second-order valence-electron chi connectivity index (χ2n) is 4.97. The van der Waals surface area contributed by atoms with Crippen LogP contribution < -0.4 is 5.32 Å². The van der Waals surface area contributed by atoms with Crippen LogP contribution in [0.2, 0.25) is 0 Å². The first-order valence-electron chi connectivity index (χ1n) is 6.76. The molecule has 0 aliphatic heterocycles. The van der Waals surface area contributed by atoms with Gasteiger partial charge in [-0.1, -0.05) is 12.8 Å². The fourth-order valence-electron chi connectivity index (χ4n) is 2.05. The number of furan rings is 1. The zero-order valence-electron chi connectivity index (χ0n) is 11.1. The predicted octanol–water partition coefficient (Wildman–Crippen LogP) is 2.23. The summed E-state index contributed by atoms with van der Waals surface area (Å²) in [6, 6.07) is 4.10. The topological polar surface area (TPSA) is 28.4 Å². The van der Waals surface area contributed by atoms with E-state index in [2.05, 4.69) is 29.1 Å². The maximum absolute atomic E-state index is 5.79. The minimum atomic E-state index is 0.708. The maximum atomic E-state index is 5.79. The van der Waals surface area contributed by atoms with Crippen LogP contribution in [-0.2, 0) is 13.1 Å². The molecule has 0 radical (unpaired) electrons. The van der Waals surface area contributed by atoms with Gasteiger partial charge < -0.3 is 9.73 Å². The Morgan fingerprint density at radius 1 is 1.44 bits per heavy atom. The zero-order chi connectivity index (χ0) is 12.8. The van der Waals surface area contributed by atoms with Crippen LogP contribution in [0.1, 0.15) is 31.3 Å². The molecule has 0 spiro atoms. The number of rotatable bonds is 8. The maximum Gasteiger partial charge on any atom is 0.118 e. The average Bonchev–Trinajstić information content (AvgIpc) is 3.05. The standard InChI is InChI=1S/C15H22N2O/c1-3-9-17(11-13-5-6-13)12-15-8-7-14(18-15)10-16-4-2/h1,7-8,13,16H,4-6,9-12H2,2H3. The van der Waals surface area contributed by atoms with Crippen molar-refractivity contribution in [1.82, 2.24) is 10.2 Å². The molecule has 1 N–H and O–H groups in total. The molecule has 0 amide bonds. The molecule has 0 saturated heterocycles. The van der Waals surface area contributed by atoms with Gasteiger partial charge in [-0.15, -0.1) is 6.42 Å². The van der Waals surface area contributed by atoms with Gasteiger partial charge in [0, 0.05) is 6.54 Å². The lowest BCUT2D eigenvalue weighted by Crippen LogP contribution is -2.25. The molecule has 1 aromatic heterocycles. The van der Waals surface area contributed by atoms with Gasteiger partial charge >= 0.3 is 0 Å². The van der Waals surface area contributed by atoms with Gasteiger partial charge in [0.2, 0.25) is 0 Å². The van der Waals surface area contributed by atoms with E-state index in [1.54, 1.807) is 0 Å². The van der Waals surface area contributed by atoms with Crippen molar-refractivity contribution in [1.29, 1.82) is 0 Å². The molecular formula is C15H22N2O. The second kappa shape index (κ2) is 6.63. The van der Waals surface area contributed by atoms with Crippen molar-refractivity contribution in [2.45, 2.75) is 32.9 Å². The highest BCUT2D eigenvalue weighted by molar-refractivity contribution is 5.07. The molecule has 1 fully saturated rings. The normalized spacial score (nSPS) is 14.9. The summed E-state index contributed by atoms with van der Waals surface area (Å²) in [4.78, 5) is 2.30. The van der Waals surface area contributed by atoms with Crippen LogP contribution in [-0.4, -0.2) is 24.5 Å². The van der Waals surface area contributed by atoms with Crippen molar-refractivity contribution < 1.29 is 4.42 Å². The third kappa shape index (κ3) is 4.21. The number of terminal acetylenes is 1. The summed E-state index contributed by atoms with van der Waals surface area (Å²) >= 11 is 0. The van der Waals surface area contributed by atoms with Crippen molar-refractivity contribution in [2.75, 3.05) is 19.6 Å². The Morgan fingerprint density at radius 3 is 2.89 bits per heavy atom. The summed E-state index contributed by atoms with van der Waals surface area (Å²) in [6.07, 6.45) is 8.12. The average molecular weight is 246 g/mol. The molecule has 2 rings (SSSR count). The number of nitrogens with zero attached hydrogens (tertiary/aromatic N) is 1. The van der Waals surface area contributed by atoms with E-state index in [9.17, 15) is 0 Å². The van der Waals surface area contributed by atoms with Gasteiger partial charge in [0.15, 0.2) is 0 Å². The van der Waals surface area contributed by atoms with Crippen molar-refractivity contribution in [3.8, 4) is 12.3 Å². The Kier molecular flexibility index (Phi) is 4.86. The molecule has 98 valence electrons. The highest BCUT2D eigenvalue weighted by atomic mass is 16.3. The van der Waals surface area contributed by atoms with Gasteiger partial charge in [-0.3, -0.25) is 4.90 Å². The zero-order valence-corrected chi connectivity index (χ0v) is 11.1. The first kappa shape index (κ1) is 13.2. The van der Waals surface area contributed by atoms with E-state index in [4.69, 9.17) is 10.8 Å². The molecule has 1 saturated carbocycles. The summed E-state index contributed by atoms with van der Waals surface area (Å²) in [5, 5.41) is 3.26. The Labute approximate surface area is 110 Å². The molecule has 1 aliphatic carbocycles. The van der Waals surface area contributed by atoms with Crippen LogP contribution in [0.5, 0.6) is 0 Å². The lowest BCUT2D eigenvalue weighted by atomic mass is 10.3. The van der Waals surface area contributed by atoms with Crippen LogP contribution in [0.3, 0.4) is 0 Å². The molecule has 3 heteroatoms. The molecule has 1 heterocycles. The molecule has 1 aromatic rings. The van der Waals surface area contributed by atoms with E-state index in [0.29, 0.717) is 6.54 Å². The van der Waals surface area contributed by atoms with Gasteiger partial charge in [0.25, 0.3) is 0 Å². The summed E-state index contributed by atoms with van der Waals surface area (Å²) in [5.74, 6) is 5.60. The first-order valence-corrected chi connectivity index (χ1v) is 6.76. The van der Waals surface area contributed by atoms with Gasteiger partial charge in [-0.05, 0) is 37.4 Å². The van der Waals surface area contributed by atoms with E-state index < -0.39 is 0 Å². The van der Waals surface area contributed by atoms with E-state index in [1.807, 2.05) is 6.07 Å². The van der Waals surface area contributed by atoms with Crippen LogP contribution in [0, 0.1) is 18.3 Å². The van der Waals surface area contributed by atoms with Crippen molar-refractivity contribution in [3.05, 3.63) is 23.7 Å². The molecule has 18 heavy (non-hydrogen) atoms. The molecular weight excluding hydrogens is 224 g/mol. The third-order valence-corrected chi connectivity index (χ3v) is 3.17. The lowest BCUT2D eigenvalue weighted by molar-refractivity contribution is 0.258. The first-order chi connectivity index (χ1) is 8.81. The third-order valence-electron chi connectivity index (χ3n) is 3.17.